The van der Waals surface area contributed by atoms with Gasteiger partial charge in [0.2, 0.25) is 11.1 Å². The second kappa shape index (κ2) is 22.1. The molecule has 0 aliphatic carbocycles. The molecule has 1 fully saturated rings. The van der Waals surface area contributed by atoms with Crippen molar-refractivity contribution in [1.82, 2.24) is 25.0 Å². The van der Waals surface area contributed by atoms with Crippen molar-refractivity contribution in [1.29, 1.82) is 0 Å². The zero-order valence-electron chi connectivity index (χ0n) is 27.2. The number of carboxylic acids is 4. The summed E-state index contributed by atoms with van der Waals surface area (Å²) in [5.74, 6) is -4.41. The minimum Gasteiger partial charge on any atom is -0.481 e. The number of para-hydroxylation sites is 1. The van der Waals surface area contributed by atoms with E-state index in [2.05, 4.69) is 10.3 Å². The van der Waals surface area contributed by atoms with Crippen molar-refractivity contribution in [2.24, 2.45) is 0 Å². The van der Waals surface area contributed by atoms with Crippen LogP contribution in [0.3, 0.4) is 0 Å². The van der Waals surface area contributed by atoms with Gasteiger partial charge < -0.3 is 35.6 Å². The molecule has 2 aromatic heterocycles. The first kappa shape index (κ1) is 45.1. The van der Waals surface area contributed by atoms with Crippen molar-refractivity contribution in [3.05, 3.63) is 52.3 Å². The minimum absolute atomic E-state index is 0. The number of nitrogens with zero attached hydrogens (tertiary/aromatic N) is 4. The molecule has 1 aromatic carbocycles. The number of aliphatic carboxylic acids is 4. The first-order valence-electron chi connectivity index (χ1n) is 15.2. The number of hydrogen-bond acceptors (Lipinski definition) is 11. The maximum atomic E-state index is 13.0. The predicted octanol–water partition coefficient (Wildman–Crippen LogP) is -2.83. The van der Waals surface area contributed by atoms with Gasteiger partial charge in [-0.15, -0.1) is 0 Å². The molecule has 18 heteroatoms. The zero-order chi connectivity index (χ0) is 33.2. The summed E-state index contributed by atoms with van der Waals surface area (Å²) in [5, 5.41) is 42.2. The van der Waals surface area contributed by atoms with Crippen LogP contribution in [0.5, 0.6) is 0 Å². The Balaban J connectivity index is 0.00000400. The maximum absolute atomic E-state index is 13.0. The molecule has 1 saturated heterocycles. The second-order valence-electron chi connectivity index (χ2n) is 11.3. The van der Waals surface area contributed by atoms with E-state index in [9.17, 15) is 44.4 Å². The van der Waals surface area contributed by atoms with Crippen LogP contribution in [0.1, 0.15) is 31.4 Å². The molecule has 1 aliphatic heterocycles. The van der Waals surface area contributed by atoms with E-state index in [0.717, 1.165) is 0 Å². The van der Waals surface area contributed by atoms with E-state index in [1.165, 1.54) is 0 Å². The molecule has 16 nitrogen and oxygen atoms in total. The molecule has 0 amide bonds. The number of fused-ring (bicyclic) bond motifs is 2. The van der Waals surface area contributed by atoms with Crippen molar-refractivity contribution < 1.29 is 128 Å². The molecule has 0 saturated carbocycles. The van der Waals surface area contributed by atoms with Gasteiger partial charge in [-0.25, -0.2) is 4.98 Å². The van der Waals surface area contributed by atoms with Gasteiger partial charge in [0.15, 0.2) is 0 Å². The average molecular weight is 835 g/mol. The third-order valence-electron chi connectivity index (χ3n) is 8.16. The molecule has 1 aliphatic rings. The molecule has 0 spiro atoms. The Kier molecular flexibility index (Phi) is 20.4. The van der Waals surface area contributed by atoms with E-state index in [-0.39, 0.29) is 141 Å². The average Bonchev–Trinajstić information content (AvgIpc) is 2.99. The monoisotopic (exact) mass is 835 g/mol. The summed E-state index contributed by atoms with van der Waals surface area (Å²) in [5.41, 5.74) is 0.936. The van der Waals surface area contributed by atoms with Gasteiger partial charge in [-0.3, -0.25) is 38.7 Å². The van der Waals surface area contributed by atoms with E-state index in [0.29, 0.717) is 61.3 Å². The summed E-state index contributed by atoms with van der Waals surface area (Å²) in [6.07, 6.45) is -0.732. The van der Waals surface area contributed by atoms with Gasteiger partial charge in [0.05, 0.1) is 16.5 Å². The molecular formula is C31H41EuN5NaO11+. The van der Waals surface area contributed by atoms with Crippen LogP contribution in [0.4, 0.5) is 0 Å². The van der Waals surface area contributed by atoms with E-state index in [4.69, 9.17) is 4.42 Å². The first-order valence-corrected chi connectivity index (χ1v) is 15.2. The molecular weight excluding hydrogens is 793 g/mol. The molecule has 2 atom stereocenters. The Morgan fingerprint density at radius 2 is 1.31 bits per heavy atom. The van der Waals surface area contributed by atoms with Crippen molar-refractivity contribution >= 4 is 45.9 Å². The van der Waals surface area contributed by atoms with Crippen LogP contribution in [0.15, 0.2) is 45.6 Å². The summed E-state index contributed by atoms with van der Waals surface area (Å²) < 4.78 is 5.93. The Bertz CT molecular complexity index is 1580. The van der Waals surface area contributed by atoms with Crippen molar-refractivity contribution in [3.63, 3.8) is 0 Å². The molecule has 1 radical (unpaired) electrons. The van der Waals surface area contributed by atoms with Gasteiger partial charge in [-0.1, -0.05) is 12.1 Å². The number of carbonyl (C=O) groups is 4. The van der Waals surface area contributed by atoms with Crippen LogP contribution in [0.2, 0.25) is 0 Å². The Morgan fingerprint density at radius 3 is 1.82 bits per heavy atom. The molecule has 4 rings (SSSR count). The molecule has 7 N–H and O–H groups in total. The third-order valence-corrected chi connectivity index (χ3v) is 8.16. The minimum atomic E-state index is -1.12. The number of rotatable bonds is 12. The summed E-state index contributed by atoms with van der Waals surface area (Å²) >= 11 is 0. The Hall–Kier alpha value is -1.90. The smallest absolute Gasteiger partial charge is 0.481 e. The van der Waals surface area contributed by atoms with Gasteiger partial charge >= 0.3 is 53.4 Å². The van der Waals surface area contributed by atoms with Crippen molar-refractivity contribution in [2.45, 2.75) is 44.3 Å². The van der Waals surface area contributed by atoms with Gasteiger partial charge in [-0.05, 0) is 37.1 Å². The summed E-state index contributed by atoms with van der Waals surface area (Å²) in [7, 11) is 0. The van der Waals surface area contributed by atoms with E-state index in [1.807, 2.05) is 4.90 Å². The predicted molar refractivity (Wildman–Crippen MR) is 169 cm³/mol. The van der Waals surface area contributed by atoms with Crippen molar-refractivity contribution in [2.75, 3.05) is 52.4 Å². The summed E-state index contributed by atoms with van der Waals surface area (Å²) in [6.45, 7) is 2.81. The fraction of sp³-hybridized carbons (Fsp3) is 0.484. The van der Waals surface area contributed by atoms with Crippen LogP contribution < -0.4 is 40.3 Å². The maximum Gasteiger partial charge on any atom is 1.00 e. The largest absolute Gasteiger partial charge is 1.00 e. The Morgan fingerprint density at radius 1 is 0.776 bits per heavy atom. The summed E-state index contributed by atoms with van der Waals surface area (Å²) in [4.78, 5) is 69.9. The van der Waals surface area contributed by atoms with Crippen LogP contribution in [0, 0.1) is 49.4 Å². The van der Waals surface area contributed by atoms with Gasteiger partial charge in [0, 0.05) is 121 Å². The van der Waals surface area contributed by atoms with Crippen molar-refractivity contribution in [3.8, 4) is 0 Å². The normalized spacial score (nSPS) is 16.5. The van der Waals surface area contributed by atoms with Gasteiger partial charge in [-0.2, -0.15) is 0 Å². The SMILES string of the molecule is O.O=C(O)CCC(C(=O)O)N1CCNCCN(C(CCC(=O)O)C(=O)O)CCN(Cc2ccc3c(=O)c4ccccc4oc3n2)CC1.[Eu].[Na+]. The van der Waals surface area contributed by atoms with Crippen LogP contribution in [-0.2, 0) is 25.7 Å². The quantitative estimate of drug-likeness (QED) is 0.0912. The van der Waals surface area contributed by atoms with Gasteiger partial charge in [0.1, 0.15) is 17.7 Å². The molecule has 49 heavy (non-hydrogen) atoms. The topological polar surface area (TPSA) is 246 Å². The van der Waals surface area contributed by atoms with E-state index in [1.54, 1.807) is 46.2 Å². The van der Waals surface area contributed by atoms with Gasteiger partial charge in [0.25, 0.3) is 0 Å². The Labute approximate surface area is 344 Å². The number of hydrogen-bond donors (Lipinski definition) is 5. The standard InChI is InChI=1S/C31H39N5O10.Eu.Na.H2O/c37-26(38)9-7-23(30(42)43)35-13-11-32-12-14-36(24(31(44)45)8-10-27(39)40)18-16-34(15-17-35)19-20-5-6-22-28(41)21-3-1-2-4-25(21)46-29(22)33-20;;;/h1-6,23-24,32H,7-19H2,(H,37,38)(H,39,40)(H,42,43)(H,44,45);;;1H2/q;;+1;. The fourth-order valence-corrected chi connectivity index (χ4v) is 5.71. The van der Waals surface area contributed by atoms with Crippen LogP contribution >= 0.6 is 0 Å². The molecule has 263 valence electrons. The molecule has 2 unspecified atom stereocenters. The number of benzene rings is 1. The fourth-order valence-electron chi connectivity index (χ4n) is 5.71. The number of carboxylic acid groups (broad SMARTS) is 4. The molecule has 0 bridgehead atoms. The molecule has 3 heterocycles. The first-order chi connectivity index (χ1) is 22.0. The number of nitrogens with one attached hydrogen (secondary N) is 1. The van der Waals surface area contributed by atoms with Crippen LogP contribution in [0.25, 0.3) is 22.1 Å². The van der Waals surface area contributed by atoms with E-state index < -0.39 is 36.0 Å². The number of pyridine rings is 1. The van der Waals surface area contributed by atoms with E-state index >= 15 is 0 Å². The second-order valence-corrected chi connectivity index (χ2v) is 11.3. The molecule has 3 aromatic rings. The zero-order valence-corrected chi connectivity index (χ0v) is 31.6. The third kappa shape index (κ3) is 13.3. The summed E-state index contributed by atoms with van der Waals surface area (Å²) in [6, 6.07) is 8.19. The van der Waals surface area contributed by atoms with Crippen LogP contribution in [-0.4, -0.2) is 134 Å². The number of aromatic nitrogens is 1.